The van der Waals surface area contributed by atoms with Crippen molar-refractivity contribution in [1.82, 2.24) is 20.9 Å². The molecule has 360 valence electrons. The van der Waals surface area contributed by atoms with Crippen LogP contribution in [0.4, 0.5) is 0 Å². The van der Waals surface area contributed by atoms with Gasteiger partial charge in [0, 0.05) is 113 Å². The number of terminal acetylenes is 1. The van der Waals surface area contributed by atoms with Crippen molar-refractivity contribution in [2.75, 3.05) is 78.5 Å². The summed E-state index contributed by atoms with van der Waals surface area (Å²) in [6.07, 6.45) is 5.57. The van der Waals surface area contributed by atoms with Crippen molar-refractivity contribution < 1.29 is 57.1 Å². The SMILES string of the molecule is C#CC#CC#CC#CC#CC#CC#CC#CC.CC#CC#CC#CC#CC#CC#CC#CC#CC1=NCCN1CCN.NCCNCCN.NCCNCCNC=O.O.O.[HH].[HH].[HH].[HH].[HH].[HH].[HH].[HH].[HH].[HH].[HH].[HH].[HH].[HH].[HH].[HH].[HH].[HH].[HH].[HH].[HH].[HH].[HH].[HH].[HH].[HH].[HH].[HH].[HH]. The Balaban J connectivity index is -0.0000000135. The van der Waals surface area contributed by atoms with Crippen LogP contribution >= 0.6 is 0 Å². The lowest BCUT2D eigenvalue weighted by atomic mass is 10.4. The molecule has 0 aliphatic carbocycles. The Hall–Kier alpha value is -8.42. The highest BCUT2D eigenvalue weighted by Crippen LogP contribution is 1.99. The zero-order chi connectivity index (χ0) is 43.1. The van der Waals surface area contributed by atoms with Crippen LogP contribution in [0.25, 0.3) is 0 Å². The summed E-state index contributed by atoms with van der Waals surface area (Å²) in [4.78, 5) is 16.0. The number of carbonyl (C=O) groups is 1. The van der Waals surface area contributed by atoms with Gasteiger partial charge in [-0.1, -0.05) is 11.8 Å². The van der Waals surface area contributed by atoms with Crippen molar-refractivity contribution >= 4 is 12.2 Å². The molecule has 1 aliphatic rings. The first kappa shape index (κ1) is 60.8. The van der Waals surface area contributed by atoms with Crippen molar-refractivity contribution in [3.63, 3.8) is 0 Å². The van der Waals surface area contributed by atoms with Crippen molar-refractivity contribution in [3.8, 4) is 190 Å². The van der Waals surface area contributed by atoms with Gasteiger partial charge in [0.25, 0.3) is 0 Å². The zero-order valence-corrected chi connectivity index (χ0v) is 33.8. The number of nitrogens with one attached hydrogen (secondary N) is 3. The lowest BCUT2D eigenvalue weighted by Gasteiger charge is -2.14. The Bertz CT molecular complexity index is 2420. The molecule has 0 unspecified atom stereocenters. The van der Waals surface area contributed by atoms with Gasteiger partial charge >= 0.3 is 0 Å². The van der Waals surface area contributed by atoms with E-state index >= 15 is 0 Å². The van der Waals surface area contributed by atoms with Crippen LogP contribution in [0, 0.1) is 190 Å². The van der Waals surface area contributed by atoms with E-state index in [9.17, 15) is 4.79 Å². The summed E-state index contributed by atoms with van der Waals surface area (Å²) in [6.45, 7) is 12.4. The third kappa shape index (κ3) is 56.3. The minimum absolute atomic E-state index is 0. The molecule has 0 aromatic rings. The first-order valence-electron chi connectivity index (χ1n) is 17.1. The maximum atomic E-state index is 9.67. The van der Waals surface area contributed by atoms with Gasteiger partial charge in [0.1, 0.15) is 0 Å². The topological polar surface area (TPSA) is 236 Å². The highest BCUT2D eigenvalue weighted by Gasteiger charge is 2.12. The number of amidine groups is 1. The fourth-order valence-electron chi connectivity index (χ4n) is 2.72. The first-order valence-corrected chi connectivity index (χ1v) is 17.1. The summed E-state index contributed by atoms with van der Waals surface area (Å²) in [5, 5.41) is 8.58. The zero-order valence-electron chi connectivity index (χ0n) is 33.8. The number of carbonyl (C=O) groups excluding carboxylic acids is 1. The predicted molar refractivity (Wildman–Crippen MR) is 305 cm³/mol. The molecule has 0 aromatic heterocycles. The van der Waals surface area contributed by atoms with E-state index in [0.29, 0.717) is 39.1 Å². The van der Waals surface area contributed by atoms with Gasteiger partial charge in [0.2, 0.25) is 6.41 Å². The summed E-state index contributed by atoms with van der Waals surface area (Å²) >= 11 is 0. The molecule has 12 heteroatoms. The molecule has 60 heavy (non-hydrogen) atoms. The van der Waals surface area contributed by atoms with Gasteiger partial charge in [-0.15, -0.1) is 6.42 Å². The van der Waals surface area contributed by atoms with E-state index < -0.39 is 0 Å². The largest absolute Gasteiger partial charge is 0.412 e. The van der Waals surface area contributed by atoms with Gasteiger partial charge in [0.15, 0.2) is 5.84 Å². The lowest BCUT2D eigenvalue weighted by molar-refractivity contribution is -0.109. The van der Waals surface area contributed by atoms with E-state index in [2.05, 4.69) is 204 Å². The maximum absolute atomic E-state index is 9.67. The Morgan fingerprint density at radius 3 is 1.23 bits per heavy atom. The normalized spacial score (nSPS) is 7.35. The molecule has 1 amide bonds. The monoisotopic (exact) mass is 856 g/mol. The average molecular weight is 856 g/mol. The predicted octanol–water partition coefficient (Wildman–Crippen LogP) is 2.63. The highest BCUT2D eigenvalue weighted by atomic mass is 16.1. The van der Waals surface area contributed by atoms with E-state index in [1.165, 1.54) is 0 Å². The van der Waals surface area contributed by atoms with Gasteiger partial charge in [-0.2, -0.15) is 0 Å². The number of aliphatic imine (C=N–C) groups is 1. The molecule has 0 radical (unpaired) electrons. The molecule has 0 atom stereocenters. The van der Waals surface area contributed by atoms with Gasteiger partial charge in [-0.05, 0) is 186 Å². The minimum atomic E-state index is 0. The van der Waals surface area contributed by atoms with Crippen LogP contribution in [0.1, 0.15) is 55.2 Å². The second-order valence-corrected chi connectivity index (χ2v) is 9.06. The van der Waals surface area contributed by atoms with E-state index in [0.717, 1.165) is 51.6 Å². The molecule has 1 rings (SSSR count). The number of nitrogens with zero attached hydrogens (tertiary/aromatic N) is 2. The van der Waals surface area contributed by atoms with Crippen LogP contribution in [0.2, 0.25) is 0 Å². The Kier molecular flexibility index (Phi) is 60.7. The molecule has 0 spiro atoms. The maximum Gasteiger partial charge on any atom is 0.207 e. The number of rotatable bonds is 12. The Morgan fingerprint density at radius 2 is 0.900 bits per heavy atom. The molecule has 12 nitrogen and oxygen atoms in total. The summed E-state index contributed by atoms with van der Waals surface area (Å²) in [5.41, 5.74) is 21.0. The van der Waals surface area contributed by atoms with E-state index in [-0.39, 0.29) is 52.3 Å². The van der Waals surface area contributed by atoms with Crippen molar-refractivity contribution in [3.05, 3.63) is 0 Å². The number of hydrogen-bond donors (Lipinski definition) is 7. The van der Waals surface area contributed by atoms with Crippen LogP contribution in [-0.4, -0.2) is 107 Å². The smallest absolute Gasteiger partial charge is 0.207 e. The second-order valence-electron chi connectivity index (χ2n) is 9.06. The molecular weight excluding hydrogens is 751 g/mol. The van der Waals surface area contributed by atoms with E-state index in [1.807, 2.05) is 4.90 Å². The Morgan fingerprint density at radius 1 is 0.550 bits per heavy atom. The average Bonchev–Trinajstić information content (AvgIpc) is 3.68. The quantitative estimate of drug-likeness (QED) is 0.0874. The first-order chi connectivity index (χ1) is 28.6. The Labute approximate surface area is 401 Å². The van der Waals surface area contributed by atoms with Gasteiger partial charge in [-0.25, -0.2) is 0 Å². The molecular formula is C48H105N9O3. The van der Waals surface area contributed by atoms with Crippen LogP contribution < -0.4 is 38.9 Å². The van der Waals surface area contributed by atoms with Crippen LogP contribution in [0.15, 0.2) is 4.99 Å². The highest BCUT2D eigenvalue weighted by molar-refractivity contribution is 6.00. The standard InChI is InChI=1S/C22H13N3.C17H4.C5H13N3O.C4H13N3.2H2O.29H2/c1-2-3-4-5-6-7-8-9-10-11-12-13-14-15-16-17-22-24-19-21-25(22)20-18-23;1-3-5-7-9-11-13-15-17-16-14-12-10-8-6-4-2;6-1-2-7-3-4-8-5-9;5-1-3-7-4-2-6;;;;;;;;;;;;;;;;;;;;;;;;;;;;;;;/h18-21,23H2,1H3;1H,2H3;5,7H,1-4,6H2,(H,8,9);7H,1-6H2;2*1H2;29*1H. The summed E-state index contributed by atoms with van der Waals surface area (Å²) in [6, 6.07) is 0. The molecule has 0 bridgehead atoms. The number of hydrogen-bond acceptors (Lipinski definition) is 9. The van der Waals surface area contributed by atoms with Crippen molar-refractivity contribution in [2.45, 2.75) is 13.8 Å². The second kappa shape index (κ2) is 59.8. The number of nitrogens with two attached hydrogens (primary N) is 4. The number of amides is 1. The fraction of sp³-hybridized carbons (Fsp3) is 0.292. The molecule has 15 N–H and O–H groups in total. The van der Waals surface area contributed by atoms with Crippen molar-refractivity contribution in [2.24, 2.45) is 27.9 Å². The molecule has 0 saturated carbocycles. The van der Waals surface area contributed by atoms with Gasteiger partial charge in [-0.3, -0.25) is 9.79 Å². The lowest BCUT2D eigenvalue weighted by Crippen LogP contribution is -2.31. The molecule has 1 aliphatic heterocycles. The van der Waals surface area contributed by atoms with Crippen LogP contribution in [-0.2, 0) is 4.79 Å². The van der Waals surface area contributed by atoms with E-state index in [4.69, 9.17) is 29.4 Å². The third-order valence-electron chi connectivity index (χ3n) is 4.88. The third-order valence-corrected chi connectivity index (χ3v) is 4.88. The summed E-state index contributed by atoms with van der Waals surface area (Å²) in [5.74, 6) is 79.1. The fourth-order valence-corrected chi connectivity index (χ4v) is 2.72. The van der Waals surface area contributed by atoms with Crippen LogP contribution in [0.5, 0.6) is 0 Å². The van der Waals surface area contributed by atoms with Gasteiger partial charge in [0.05, 0.1) is 6.54 Å². The molecule has 1 heterocycles. The summed E-state index contributed by atoms with van der Waals surface area (Å²) < 4.78 is 0. The minimum Gasteiger partial charge on any atom is -0.412 e. The van der Waals surface area contributed by atoms with Crippen LogP contribution in [0.3, 0.4) is 0 Å². The molecule has 0 saturated heterocycles. The van der Waals surface area contributed by atoms with Crippen molar-refractivity contribution in [1.29, 1.82) is 0 Å². The van der Waals surface area contributed by atoms with Gasteiger partial charge < -0.3 is 54.7 Å². The molecule has 0 aromatic carbocycles. The summed E-state index contributed by atoms with van der Waals surface area (Å²) in [7, 11) is 0. The molecule has 0 fully saturated rings. The van der Waals surface area contributed by atoms with E-state index in [1.54, 1.807) is 13.8 Å².